The van der Waals surface area contributed by atoms with E-state index in [-0.39, 0.29) is 17.7 Å². The first kappa shape index (κ1) is 21.7. The van der Waals surface area contributed by atoms with Crippen molar-refractivity contribution in [3.05, 3.63) is 11.3 Å². The molecular weight excluding hydrogens is 368 g/mol. The number of esters is 2. The van der Waals surface area contributed by atoms with Gasteiger partial charge in [-0.25, -0.2) is 14.4 Å². The van der Waals surface area contributed by atoms with E-state index in [1.807, 2.05) is 0 Å². The third-order valence-corrected chi connectivity index (χ3v) is 4.13. The lowest BCUT2D eigenvalue weighted by Crippen LogP contribution is -2.72. The smallest absolute Gasteiger partial charge is 0.408 e. The minimum atomic E-state index is -0.827. The van der Waals surface area contributed by atoms with E-state index in [9.17, 15) is 19.2 Å². The Balaban J connectivity index is 2.26. The maximum absolute atomic E-state index is 12.7. The summed E-state index contributed by atoms with van der Waals surface area (Å²) < 4.78 is 15.3. The fourth-order valence-corrected chi connectivity index (χ4v) is 3.13. The van der Waals surface area contributed by atoms with Gasteiger partial charge in [0.25, 0.3) is 5.91 Å². The van der Waals surface area contributed by atoms with Gasteiger partial charge in [0.15, 0.2) is 0 Å². The molecule has 0 aliphatic carbocycles. The van der Waals surface area contributed by atoms with Crippen LogP contribution in [0.5, 0.6) is 0 Å². The molecule has 1 N–H and O–H groups in total. The van der Waals surface area contributed by atoms with Crippen LogP contribution in [0.3, 0.4) is 0 Å². The summed E-state index contributed by atoms with van der Waals surface area (Å²) in [6.45, 7) is 10.2. The molecule has 156 valence electrons. The topological polar surface area (TPSA) is 111 Å². The molecule has 0 aromatic rings. The average Bonchev–Trinajstić information content (AvgIpc) is 2.54. The van der Waals surface area contributed by atoms with Crippen molar-refractivity contribution in [3.8, 4) is 0 Å². The number of carbonyl (C=O) groups is 4. The van der Waals surface area contributed by atoms with Crippen LogP contribution in [0.1, 0.15) is 54.4 Å². The molecule has 9 nitrogen and oxygen atoms in total. The van der Waals surface area contributed by atoms with Gasteiger partial charge in [-0.3, -0.25) is 9.69 Å². The first-order valence-electron chi connectivity index (χ1n) is 9.12. The number of ether oxygens (including phenoxy) is 3. The van der Waals surface area contributed by atoms with E-state index in [1.54, 1.807) is 41.5 Å². The molecule has 0 saturated carbocycles. The Bertz CT molecular complexity index is 728. The van der Waals surface area contributed by atoms with Gasteiger partial charge in [-0.05, 0) is 54.4 Å². The molecule has 0 aromatic heterocycles. The van der Waals surface area contributed by atoms with E-state index < -0.39 is 47.2 Å². The van der Waals surface area contributed by atoms with E-state index in [2.05, 4.69) is 5.32 Å². The van der Waals surface area contributed by atoms with Gasteiger partial charge in [0.1, 0.15) is 22.9 Å². The van der Waals surface area contributed by atoms with Crippen molar-refractivity contribution in [2.24, 2.45) is 0 Å². The lowest BCUT2D eigenvalue weighted by Gasteiger charge is -2.50. The molecule has 2 atom stereocenters. The largest absolute Gasteiger partial charge is 0.466 e. The molecule has 0 bridgehead atoms. The highest BCUT2D eigenvalue weighted by Crippen LogP contribution is 2.38. The number of fused-ring (bicyclic) bond motifs is 1. The Morgan fingerprint density at radius 2 is 1.57 bits per heavy atom. The Hall–Kier alpha value is -2.58. The average molecular weight is 396 g/mol. The minimum absolute atomic E-state index is 0.0945. The summed E-state index contributed by atoms with van der Waals surface area (Å²) >= 11 is 0. The number of nitrogens with one attached hydrogen (secondary N) is 1. The predicted octanol–water partition coefficient (Wildman–Crippen LogP) is 1.65. The van der Waals surface area contributed by atoms with Crippen LogP contribution in [0, 0.1) is 0 Å². The first-order valence-corrected chi connectivity index (χ1v) is 9.12. The summed E-state index contributed by atoms with van der Waals surface area (Å²) in [5.41, 5.74) is -1.54. The second kappa shape index (κ2) is 7.44. The molecule has 2 aliphatic rings. The van der Waals surface area contributed by atoms with E-state index in [0.29, 0.717) is 6.42 Å². The molecule has 2 heterocycles. The van der Waals surface area contributed by atoms with Gasteiger partial charge in [-0.1, -0.05) is 0 Å². The van der Waals surface area contributed by atoms with Crippen molar-refractivity contribution in [1.82, 2.24) is 10.2 Å². The number of carbonyl (C=O) groups excluding carboxylic acids is 4. The van der Waals surface area contributed by atoms with Crippen LogP contribution in [0.2, 0.25) is 0 Å². The second-order valence-electron chi connectivity index (χ2n) is 8.76. The monoisotopic (exact) mass is 396 g/mol. The van der Waals surface area contributed by atoms with Crippen LogP contribution in [-0.2, 0) is 28.6 Å². The molecule has 1 fully saturated rings. The molecule has 0 radical (unpaired) electrons. The number of β-lactam (4-membered cyclic amide) rings is 1. The summed E-state index contributed by atoms with van der Waals surface area (Å²) in [6, 6.07) is -1.29. The van der Waals surface area contributed by atoms with Crippen LogP contribution in [0.4, 0.5) is 4.79 Å². The van der Waals surface area contributed by atoms with Crippen LogP contribution < -0.4 is 5.32 Å². The second-order valence-corrected chi connectivity index (χ2v) is 8.76. The summed E-state index contributed by atoms with van der Waals surface area (Å²) in [6.07, 6.45) is -0.0995. The molecular formula is C19H28N2O7. The first-order chi connectivity index (χ1) is 12.7. The number of hydrogen-bond acceptors (Lipinski definition) is 7. The molecule has 28 heavy (non-hydrogen) atoms. The fourth-order valence-electron chi connectivity index (χ4n) is 3.13. The fraction of sp³-hybridized carbons (Fsp3) is 0.684. The SMILES string of the molecule is COC(=O)C1=C(C(=O)OC(C)(C)C)N2C(=O)C(NC(=O)OC(C)(C)C)[C@@H]2CC1. The molecule has 1 saturated heterocycles. The lowest BCUT2D eigenvalue weighted by atomic mass is 9.83. The Labute approximate surface area is 164 Å². The summed E-state index contributed by atoms with van der Waals surface area (Å²) in [5, 5.41) is 2.54. The van der Waals surface area contributed by atoms with Crippen LogP contribution in [0.25, 0.3) is 0 Å². The highest BCUT2D eigenvalue weighted by Gasteiger charge is 2.55. The van der Waals surface area contributed by atoms with Crippen molar-refractivity contribution in [2.75, 3.05) is 7.11 Å². The van der Waals surface area contributed by atoms with Crippen molar-refractivity contribution in [1.29, 1.82) is 0 Å². The van der Waals surface area contributed by atoms with Gasteiger partial charge in [-0.2, -0.15) is 0 Å². The van der Waals surface area contributed by atoms with Crippen LogP contribution in [-0.4, -0.2) is 59.2 Å². The van der Waals surface area contributed by atoms with Gasteiger partial charge in [0.2, 0.25) is 0 Å². The number of amides is 2. The number of methoxy groups -OCH3 is 1. The molecule has 2 amide bonds. The zero-order chi connectivity index (χ0) is 21.4. The molecule has 9 heteroatoms. The van der Waals surface area contributed by atoms with E-state index >= 15 is 0 Å². The number of hydrogen-bond donors (Lipinski definition) is 1. The molecule has 2 rings (SSSR count). The predicted molar refractivity (Wildman–Crippen MR) is 97.9 cm³/mol. The third kappa shape index (κ3) is 4.63. The molecule has 0 spiro atoms. The Kier molecular flexibility index (Phi) is 5.77. The quantitative estimate of drug-likeness (QED) is 0.439. The highest BCUT2D eigenvalue weighted by atomic mass is 16.6. The van der Waals surface area contributed by atoms with E-state index in [0.717, 1.165) is 0 Å². The Morgan fingerprint density at radius 3 is 2.07 bits per heavy atom. The third-order valence-electron chi connectivity index (χ3n) is 4.13. The minimum Gasteiger partial charge on any atom is -0.466 e. The zero-order valence-corrected chi connectivity index (χ0v) is 17.4. The Morgan fingerprint density at radius 1 is 1.00 bits per heavy atom. The van der Waals surface area contributed by atoms with E-state index in [1.165, 1.54) is 12.0 Å². The summed E-state index contributed by atoms with van der Waals surface area (Å²) in [4.78, 5) is 50.8. The summed E-state index contributed by atoms with van der Waals surface area (Å²) in [7, 11) is 1.21. The number of rotatable bonds is 3. The van der Waals surface area contributed by atoms with Gasteiger partial charge in [-0.15, -0.1) is 0 Å². The molecule has 0 aromatic carbocycles. The maximum Gasteiger partial charge on any atom is 0.408 e. The zero-order valence-electron chi connectivity index (χ0n) is 17.4. The maximum atomic E-state index is 12.7. The normalized spacial score (nSPS) is 22.1. The van der Waals surface area contributed by atoms with Gasteiger partial charge < -0.3 is 19.5 Å². The van der Waals surface area contributed by atoms with Crippen LogP contribution >= 0.6 is 0 Å². The number of nitrogens with zero attached hydrogens (tertiary/aromatic N) is 1. The van der Waals surface area contributed by atoms with Crippen molar-refractivity contribution < 1.29 is 33.4 Å². The number of alkyl carbamates (subject to hydrolysis) is 1. The summed E-state index contributed by atoms with van der Waals surface area (Å²) in [5.74, 6) is -1.96. The molecule has 2 aliphatic heterocycles. The van der Waals surface area contributed by atoms with Crippen LogP contribution in [0.15, 0.2) is 11.3 Å². The van der Waals surface area contributed by atoms with Gasteiger partial charge in [0.05, 0.1) is 18.7 Å². The standard InChI is InChI=1S/C19H28N2O7/c1-18(2,3)27-16(24)13-10(15(23)26-7)8-9-11-12(14(22)21(11)13)20-17(25)28-19(4,5)6/h11-12H,8-9H2,1-7H3,(H,20,25)/t11-,12?/m0/s1. The van der Waals surface area contributed by atoms with Crippen molar-refractivity contribution in [3.63, 3.8) is 0 Å². The van der Waals surface area contributed by atoms with Gasteiger partial charge >= 0.3 is 18.0 Å². The van der Waals surface area contributed by atoms with Crippen molar-refractivity contribution in [2.45, 2.75) is 77.7 Å². The lowest BCUT2D eigenvalue weighted by molar-refractivity contribution is -0.162. The van der Waals surface area contributed by atoms with Gasteiger partial charge in [0, 0.05) is 0 Å². The highest BCUT2D eigenvalue weighted by molar-refractivity contribution is 6.07. The van der Waals surface area contributed by atoms with Crippen molar-refractivity contribution >= 4 is 23.9 Å². The van der Waals surface area contributed by atoms with E-state index in [4.69, 9.17) is 14.2 Å². The molecule has 1 unspecified atom stereocenters.